The van der Waals surface area contributed by atoms with Gasteiger partial charge in [-0.3, -0.25) is 4.98 Å². The fourth-order valence-corrected chi connectivity index (χ4v) is 8.18. The van der Waals surface area contributed by atoms with Crippen molar-refractivity contribution in [1.82, 2.24) is 9.88 Å². The molecule has 5 rings (SSSR count). The molecule has 2 aromatic carbocycles. The summed E-state index contributed by atoms with van der Waals surface area (Å²) >= 11 is 0. The summed E-state index contributed by atoms with van der Waals surface area (Å²) in [6, 6.07) is 23.3. The van der Waals surface area contributed by atoms with Crippen molar-refractivity contribution in [3.63, 3.8) is 0 Å². The van der Waals surface area contributed by atoms with Gasteiger partial charge in [-0.05, 0) is 92.6 Å². The number of anilines is 1. The summed E-state index contributed by atoms with van der Waals surface area (Å²) in [5.41, 5.74) is 1.57. The number of hydrogen-bond acceptors (Lipinski definition) is 7. The van der Waals surface area contributed by atoms with Gasteiger partial charge in [0.15, 0.2) is 0 Å². The number of benzene rings is 2. The monoisotopic (exact) mass is 586 g/mol. The summed E-state index contributed by atoms with van der Waals surface area (Å²) < 4.78 is 25.8. The maximum absolute atomic E-state index is 12.9. The van der Waals surface area contributed by atoms with Gasteiger partial charge in [-0.1, -0.05) is 43.7 Å². The zero-order chi connectivity index (χ0) is 29.6. The molecule has 3 aromatic rings. The Balaban J connectivity index is 1.16. The average Bonchev–Trinajstić information content (AvgIpc) is 3.02. The number of nitrogens with zero attached hydrogens (tertiary/aromatic N) is 4. The standard InChI is InChI=1S/C34H42N4O3S/c1-2-6-27(25-39)21-34(26-35,29-7-4-3-5-8-29)30-15-19-37(20-16-30)22-28-23-38(24-28)31-9-11-32(12-10-31)42(40,41)33-13-17-36-18-14-33/h3-5,7-14,17-18,27-28,30,39H,2,6,15-16,19-25H2,1H3/t27-,34?/m0/s1. The molecule has 0 spiro atoms. The first-order chi connectivity index (χ1) is 20.4. The van der Waals surface area contributed by atoms with Crippen LogP contribution in [0.25, 0.3) is 0 Å². The summed E-state index contributed by atoms with van der Waals surface area (Å²) in [4.78, 5) is 9.31. The van der Waals surface area contributed by atoms with E-state index in [1.807, 2.05) is 30.3 Å². The molecule has 0 saturated carbocycles. The first-order valence-electron chi connectivity index (χ1n) is 15.2. The Morgan fingerprint density at radius 1 is 1.00 bits per heavy atom. The Labute approximate surface area is 250 Å². The van der Waals surface area contributed by atoms with Crippen molar-refractivity contribution >= 4 is 15.5 Å². The highest BCUT2D eigenvalue weighted by atomic mass is 32.2. The number of rotatable bonds is 12. The molecule has 1 N–H and O–H groups in total. The first-order valence-corrected chi connectivity index (χ1v) is 16.7. The molecule has 1 aromatic heterocycles. The second kappa shape index (κ2) is 13.4. The van der Waals surface area contributed by atoms with Crippen LogP contribution in [0.5, 0.6) is 0 Å². The van der Waals surface area contributed by atoms with Crippen LogP contribution >= 0.6 is 0 Å². The van der Waals surface area contributed by atoms with Gasteiger partial charge in [0.25, 0.3) is 0 Å². The van der Waals surface area contributed by atoms with Crippen molar-refractivity contribution in [2.45, 2.75) is 54.2 Å². The van der Waals surface area contributed by atoms with Gasteiger partial charge in [-0.15, -0.1) is 0 Å². The minimum atomic E-state index is -3.54. The Kier molecular flexibility index (Phi) is 9.62. The second-order valence-electron chi connectivity index (χ2n) is 12.0. The Morgan fingerprint density at radius 2 is 1.64 bits per heavy atom. The number of aliphatic hydroxyl groups is 1. The van der Waals surface area contributed by atoms with Crippen LogP contribution in [0, 0.1) is 29.1 Å². The molecule has 42 heavy (non-hydrogen) atoms. The van der Waals surface area contributed by atoms with E-state index in [-0.39, 0.29) is 23.3 Å². The molecule has 2 fully saturated rings. The van der Waals surface area contributed by atoms with Crippen molar-refractivity contribution in [3.05, 3.63) is 84.7 Å². The van der Waals surface area contributed by atoms with E-state index in [9.17, 15) is 18.8 Å². The summed E-state index contributed by atoms with van der Waals surface area (Å²) in [5.74, 6) is 0.977. The van der Waals surface area contributed by atoms with Gasteiger partial charge < -0.3 is 14.9 Å². The molecule has 8 heteroatoms. The zero-order valence-corrected chi connectivity index (χ0v) is 25.3. The van der Waals surface area contributed by atoms with Crippen molar-refractivity contribution in [3.8, 4) is 6.07 Å². The van der Waals surface area contributed by atoms with Crippen molar-refractivity contribution in [1.29, 1.82) is 5.26 Å². The molecular weight excluding hydrogens is 544 g/mol. The smallest absolute Gasteiger partial charge is 0.206 e. The molecule has 222 valence electrons. The van der Waals surface area contributed by atoms with Crippen molar-refractivity contribution in [2.75, 3.05) is 44.2 Å². The van der Waals surface area contributed by atoms with Gasteiger partial charge in [0.2, 0.25) is 9.84 Å². The molecule has 7 nitrogen and oxygen atoms in total. The van der Waals surface area contributed by atoms with Crippen LogP contribution in [0.3, 0.4) is 0 Å². The molecule has 0 bridgehead atoms. The van der Waals surface area contributed by atoms with Gasteiger partial charge in [0, 0.05) is 50.2 Å². The third kappa shape index (κ3) is 6.39. The number of likely N-dealkylation sites (tertiary alicyclic amines) is 1. The summed E-state index contributed by atoms with van der Waals surface area (Å²) in [6.07, 6.45) is 7.61. The van der Waals surface area contributed by atoms with E-state index in [0.29, 0.717) is 17.2 Å². The number of sulfone groups is 1. The lowest BCUT2D eigenvalue weighted by molar-refractivity contribution is 0.104. The molecule has 0 aliphatic carbocycles. The fourth-order valence-electron chi connectivity index (χ4n) is 6.94. The quantitative estimate of drug-likeness (QED) is 0.307. The number of aliphatic hydroxyl groups excluding tert-OH is 1. The van der Waals surface area contributed by atoms with Gasteiger partial charge in [0.1, 0.15) is 0 Å². The molecule has 3 heterocycles. The maximum atomic E-state index is 12.9. The summed E-state index contributed by atoms with van der Waals surface area (Å²) in [5, 5.41) is 20.7. The predicted molar refractivity (Wildman–Crippen MR) is 165 cm³/mol. The lowest BCUT2D eigenvalue weighted by Gasteiger charge is -2.46. The maximum Gasteiger partial charge on any atom is 0.206 e. The number of piperidine rings is 1. The van der Waals surface area contributed by atoms with E-state index in [4.69, 9.17) is 0 Å². The topological polar surface area (TPSA) is 97.5 Å². The van der Waals surface area contributed by atoms with Crippen LogP contribution in [0.2, 0.25) is 0 Å². The number of aromatic nitrogens is 1. The molecular formula is C34H42N4O3S. The largest absolute Gasteiger partial charge is 0.396 e. The van der Waals surface area contributed by atoms with E-state index in [1.165, 1.54) is 24.5 Å². The number of hydrogen-bond donors (Lipinski definition) is 1. The molecule has 0 radical (unpaired) electrons. The molecule has 2 aliphatic rings. The van der Waals surface area contributed by atoms with E-state index >= 15 is 0 Å². The van der Waals surface area contributed by atoms with E-state index in [1.54, 1.807) is 12.1 Å². The van der Waals surface area contributed by atoms with Crippen molar-refractivity contribution in [2.24, 2.45) is 17.8 Å². The van der Waals surface area contributed by atoms with Crippen LogP contribution in [0.4, 0.5) is 5.69 Å². The lowest BCUT2D eigenvalue weighted by Crippen LogP contribution is -2.53. The summed E-state index contributed by atoms with van der Waals surface area (Å²) in [6.45, 7) is 7.19. The van der Waals surface area contributed by atoms with E-state index in [0.717, 1.165) is 69.7 Å². The van der Waals surface area contributed by atoms with Crippen molar-refractivity contribution < 1.29 is 13.5 Å². The van der Waals surface area contributed by atoms with Gasteiger partial charge >= 0.3 is 0 Å². The van der Waals surface area contributed by atoms with Crippen LogP contribution in [0.15, 0.2) is 88.9 Å². The highest BCUT2D eigenvalue weighted by Crippen LogP contribution is 2.44. The van der Waals surface area contributed by atoms with Crippen LogP contribution in [0.1, 0.15) is 44.6 Å². The van der Waals surface area contributed by atoms with Crippen LogP contribution in [-0.4, -0.2) is 62.7 Å². The average molecular weight is 587 g/mol. The lowest BCUT2D eigenvalue weighted by atomic mass is 9.63. The number of pyridine rings is 1. The Hall–Kier alpha value is -3.25. The Morgan fingerprint density at radius 3 is 2.24 bits per heavy atom. The van der Waals surface area contributed by atoms with Gasteiger partial charge in [0.05, 0.1) is 21.3 Å². The van der Waals surface area contributed by atoms with E-state index < -0.39 is 15.3 Å². The molecule has 2 saturated heterocycles. The first kappa shape index (κ1) is 30.2. The van der Waals surface area contributed by atoms with Gasteiger partial charge in [-0.2, -0.15) is 5.26 Å². The van der Waals surface area contributed by atoms with E-state index in [2.05, 4.69) is 39.9 Å². The normalized spacial score (nSPS) is 19.0. The SMILES string of the molecule is CCC[C@H](CO)CC(C#N)(c1ccccc1)C1CCN(CC2CN(c3ccc(S(=O)(=O)c4ccncc4)cc3)C2)CC1. The molecule has 2 atom stereocenters. The second-order valence-corrected chi connectivity index (χ2v) is 14.0. The molecule has 0 amide bonds. The molecule has 1 unspecified atom stereocenters. The third-order valence-corrected chi connectivity index (χ3v) is 11.1. The highest BCUT2D eigenvalue weighted by Gasteiger charge is 2.44. The minimum absolute atomic E-state index is 0.129. The highest BCUT2D eigenvalue weighted by molar-refractivity contribution is 7.91. The van der Waals surface area contributed by atoms with Crippen LogP contribution < -0.4 is 4.90 Å². The molecule has 2 aliphatic heterocycles. The van der Waals surface area contributed by atoms with Crippen LogP contribution in [-0.2, 0) is 15.3 Å². The fraction of sp³-hybridized carbons (Fsp3) is 0.471. The minimum Gasteiger partial charge on any atom is -0.396 e. The summed E-state index contributed by atoms with van der Waals surface area (Å²) in [7, 11) is -3.54. The number of nitriles is 1. The van der Waals surface area contributed by atoms with Gasteiger partial charge in [-0.25, -0.2) is 8.42 Å². The predicted octanol–water partition coefficient (Wildman–Crippen LogP) is 5.32. The third-order valence-electron chi connectivity index (χ3n) is 9.28. The zero-order valence-electron chi connectivity index (χ0n) is 24.5. The Bertz CT molecular complexity index is 1430.